The van der Waals surface area contributed by atoms with Gasteiger partial charge in [-0.1, -0.05) is 35.9 Å². The van der Waals surface area contributed by atoms with Crippen LogP contribution in [-0.2, 0) is 4.79 Å². The number of fused-ring (bicyclic) bond motifs is 1. The predicted octanol–water partition coefficient (Wildman–Crippen LogP) is 1.75. The van der Waals surface area contributed by atoms with E-state index in [4.69, 9.17) is 0 Å². The van der Waals surface area contributed by atoms with Crippen LogP contribution in [0.5, 0.6) is 0 Å². The molecule has 1 aromatic carbocycles. The first-order chi connectivity index (χ1) is 6.77. The van der Waals surface area contributed by atoms with Crippen molar-refractivity contribution in [3.05, 3.63) is 35.9 Å². The molecule has 2 fully saturated rings. The monoisotopic (exact) mass is 189 g/mol. The SMILES string of the molecule is Cc1ccccc1.O=C1NCC2CC12. The smallest absolute Gasteiger partial charge is 0.223 e. The Bertz CT molecular complexity index is 320. The van der Waals surface area contributed by atoms with Crippen molar-refractivity contribution in [3.8, 4) is 0 Å². The molecule has 2 atom stereocenters. The van der Waals surface area contributed by atoms with Crippen LogP contribution in [0.3, 0.4) is 0 Å². The van der Waals surface area contributed by atoms with E-state index in [-0.39, 0.29) is 5.91 Å². The van der Waals surface area contributed by atoms with E-state index in [9.17, 15) is 4.79 Å². The summed E-state index contributed by atoms with van der Waals surface area (Å²) in [5, 5.41) is 2.78. The predicted molar refractivity (Wildman–Crippen MR) is 55.8 cm³/mol. The minimum atomic E-state index is 0.282. The van der Waals surface area contributed by atoms with E-state index in [1.54, 1.807) is 0 Å². The molecular weight excluding hydrogens is 174 g/mol. The number of piperidine rings is 1. The molecule has 2 nitrogen and oxygen atoms in total. The molecule has 3 rings (SSSR count). The third-order valence-corrected chi connectivity index (χ3v) is 2.74. The summed E-state index contributed by atoms with van der Waals surface area (Å²) in [7, 11) is 0. The Morgan fingerprint density at radius 2 is 2.00 bits per heavy atom. The highest BCUT2D eigenvalue weighted by molar-refractivity contribution is 5.84. The quantitative estimate of drug-likeness (QED) is 0.662. The maximum Gasteiger partial charge on any atom is 0.223 e. The average Bonchev–Trinajstić information content (AvgIpc) is 2.89. The third-order valence-electron chi connectivity index (χ3n) is 2.74. The minimum Gasteiger partial charge on any atom is -0.356 e. The van der Waals surface area contributed by atoms with Gasteiger partial charge in [0.15, 0.2) is 0 Å². The molecule has 74 valence electrons. The first kappa shape index (κ1) is 9.25. The zero-order valence-electron chi connectivity index (χ0n) is 8.36. The van der Waals surface area contributed by atoms with Crippen LogP contribution >= 0.6 is 0 Å². The Morgan fingerprint density at radius 1 is 1.29 bits per heavy atom. The van der Waals surface area contributed by atoms with Gasteiger partial charge in [-0.2, -0.15) is 0 Å². The number of nitrogens with one attached hydrogen (secondary N) is 1. The summed E-state index contributed by atoms with van der Waals surface area (Å²) in [5.74, 6) is 1.44. The standard InChI is InChI=1S/C7H8.C5H7NO/c1-7-5-3-2-4-6-7;7-5-4-1-3(4)2-6-5/h2-6H,1H3;3-4H,1-2H2,(H,6,7). The van der Waals surface area contributed by atoms with Crippen LogP contribution in [0.15, 0.2) is 30.3 Å². The first-order valence-corrected chi connectivity index (χ1v) is 5.07. The summed E-state index contributed by atoms with van der Waals surface area (Å²) < 4.78 is 0. The summed E-state index contributed by atoms with van der Waals surface area (Å²) in [6.45, 7) is 3.03. The van der Waals surface area contributed by atoms with E-state index in [0.29, 0.717) is 5.92 Å². The van der Waals surface area contributed by atoms with E-state index in [1.165, 1.54) is 5.56 Å². The summed E-state index contributed by atoms with van der Waals surface area (Å²) in [6, 6.07) is 10.3. The molecule has 1 amide bonds. The molecule has 1 aromatic rings. The van der Waals surface area contributed by atoms with Gasteiger partial charge in [0, 0.05) is 12.5 Å². The van der Waals surface area contributed by atoms with Gasteiger partial charge in [0.05, 0.1) is 0 Å². The number of carbonyl (C=O) groups excluding carboxylic acids is 1. The van der Waals surface area contributed by atoms with Crippen molar-refractivity contribution in [2.24, 2.45) is 11.8 Å². The van der Waals surface area contributed by atoms with Gasteiger partial charge in [0.2, 0.25) is 5.91 Å². The zero-order chi connectivity index (χ0) is 9.97. The van der Waals surface area contributed by atoms with Gasteiger partial charge in [0.25, 0.3) is 0 Å². The number of hydrogen-bond acceptors (Lipinski definition) is 1. The van der Waals surface area contributed by atoms with Crippen LogP contribution in [0, 0.1) is 18.8 Å². The van der Waals surface area contributed by atoms with E-state index in [1.807, 2.05) is 18.2 Å². The number of hydrogen-bond donors (Lipinski definition) is 1. The van der Waals surface area contributed by atoms with Crippen LogP contribution in [0.2, 0.25) is 0 Å². The van der Waals surface area contributed by atoms with E-state index >= 15 is 0 Å². The summed E-state index contributed by atoms with van der Waals surface area (Å²) in [6.07, 6.45) is 1.16. The second kappa shape index (κ2) is 3.82. The Labute approximate surface area is 84.3 Å². The second-order valence-electron chi connectivity index (χ2n) is 4.00. The lowest BCUT2D eigenvalue weighted by atomic mass is 10.2. The molecule has 2 heteroatoms. The fourth-order valence-corrected chi connectivity index (χ4v) is 1.69. The van der Waals surface area contributed by atoms with Crippen LogP contribution in [0.4, 0.5) is 0 Å². The maximum absolute atomic E-state index is 10.5. The van der Waals surface area contributed by atoms with E-state index in [0.717, 1.165) is 18.9 Å². The van der Waals surface area contributed by atoms with Crippen LogP contribution in [0.25, 0.3) is 0 Å². The number of rotatable bonds is 0. The highest BCUT2D eigenvalue weighted by atomic mass is 16.2. The molecule has 14 heavy (non-hydrogen) atoms. The zero-order valence-corrected chi connectivity index (χ0v) is 8.36. The highest BCUT2D eigenvalue weighted by Gasteiger charge is 2.47. The van der Waals surface area contributed by atoms with Crippen molar-refractivity contribution >= 4 is 5.91 Å². The molecular formula is C12H15NO. The van der Waals surface area contributed by atoms with Gasteiger partial charge in [-0.25, -0.2) is 0 Å². The van der Waals surface area contributed by atoms with Crippen LogP contribution < -0.4 is 5.32 Å². The fourth-order valence-electron chi connectivity index (χ4n) is 1.69. The van der Waals surface area contributed by atoms with Crippen molar-refractivity contribution in [3.63, 3.8) is 0 Å². The Morgan fingerprint density at radius 3 is 2.21 bits per heavy atom. The van der Waals surface area contributed by atoms with Gasteiger partial charge < -0.3 is 5.32 Å². The molecule has 2 unspecified atom stereocenters. The summed E-state index contributed by atoms with van der Waals surface area (Å²) >= 11 is 0. The van der Waals surface area contributed by atoms with E-state index < -0.39 is 0 Å². The van der Waals surface area contributed by atoms with Crippen molar-refractivity contribution in [2.75, 3.05) is 6.54 Å². The molecule has 0 aromatic heterocycles. The molecule has 0 spiro atoms. The van der Waals surface area contributed by atoms with Gasteiger partial charge in [0.1, 0.15) is 0 Å². The molecule has 1 heterocycles. The molecule has 1 aliphatic heterocycles. The van der Waals surface area contributed by atoms with E-state index in [2.05, 4.69) is 24.4 Å². The largest absolute Gasteiger partial charge is 0.356 e. The Kier molecular flexibility index (Phi) is 2.53. The molecule has 1 aliphatic carbocycles. The lowest BCUT2D eigenvalue weighted by Gasteiger charge is -1.89. The Balaban J connectivity index is 0.000000107. The fraction of sp³-hybridized carbons (Fsp3) is 0.417. The number of amides is 1. The molecule has 1 saturated heterocycles. The lowest BCUT2D eigenvalue weighted by molar-refractivity contribution is -0.120. The molecule has 2 aliphatic rings. The van der Waals surface area contributed by atoms with Gasteiger partial charge >= 0.3 is 0 Å². The third kappa shape index (κ3) is 2.13. The summed E-state index contributed by atoms with van der Waals surface area (Å²) in [4.78, 5) is 10.5. The highest BCUT2D eigenvalue weighted by Crippen LogP contribution is 2.41. The molecule has 1 N–H and O–H groups in total. The van der Waals surface area contributed by atoms with Crippen molar-refractivity contribution in [1.82, 2.24) is 5.32 Å². The first-order valence-electron chi connectivity index (χ1n) is 5.07. The number of aryl methyl sites for hydroxylation is 1. The number of benzene rings is 1. The van der Waals surface area contributed by atoms with Crippen LogP contribution in [0.1, 0.15) is 12.0 Å². The Hall–Kier alpha value is -1.31. The maximum atomic E-state index is 10.5. The van der Waals surface area contributed by atoms with Gasteiger partial charge in [-0.15, -0.1) is 0 Å². The van der Waals surface area contributed by atoms with Crippen LogP contribution in [-0.4, -0.2) is 12.5 Å². The summed E-state index contributed by atoms with van der Waals surface area (Å²) in [5.41, 5.74) is 1.32. The molecule has 0 bridgehead atoms. The van der Waals surface area contributed by atoms with Gasteiger partial charge in [-0.05, 0) is 19.3 Å². The lowest BCUT2D eigenvalue weighted by Crippen LogP contribution is -2.18. The normalized spacial score (nSPS) is 27.1. The second-order valence-corrected chi connectivity index (χ2v) is 4.00. The number of carbonyl (C=O) groups is 1. The van der Waals surface area contributed by atoms with Crippen molar-refractivity contribution in [1.29, 1.82) is 0 Å². The average molecular weight is 189 g/mol. The van der Waals surface area contributed by atoms with Crippen molar-refractivity contribution < 1.29 is 4.79 Å². The minimum absolute atomic E-state index is 0.282. The molecule has 1 saturated carbocycles. The van der Waals surface area contributed by atoms with Crippen molar-refractivity contribution in [2.45, 2.75) is 13.3 Å². The topological polar surface area (TPSA) is 29.1 Å². The molecule has 0 radical (unpaired) electrons. The van der Waals surface area contributed by atoms with Gasteiger partial charge in [-0.3, -0.25) is 4.79 Å².